The summed E-state index contributed by atoms with van der Waals surface area (Å²) in [5.74, 6) is 0.488. The van der Waals surface area contributed by atoms with Gasteiger partial charge < -0.3 is 9.73 Å². The zero-order valence-corrected chi connectivity index (χ0v) is 14.0. The molecule has 3 aromatic rings. The van der Waals surface area contributed by atoms with Crippen LogP contribution in [0, 0.1) is 0 Å². The van der Waals surface area contributed by atoms with Crippen LogP contribution in [-0.2, 0) is 12.7 Å². The van der Waals surface area contributed by atoms with Gasteiger partial charge in [0, 0.05) is 10.6 Å². The summed E-state index contributed by atoms with van der Waals surface area (Å²) in [6.07, 6.45) is -4.45. The molecule has 0 bridgehead atoms. The molecule has 1 heterocycles. The van der Waals surface area contributed by atoms with Crippen LogP contribution < -0.4 is 5.32 Å². The van der Waals surface area contributed by atoms with Crippen LogP contribution in [0.4, 0.5) is 18.9 Å². The van der Waals surface area contributed by atoms with Crippen molar-refractivity contribution >= 4 is 28.9 Å². The summed E-state index contributed by atoms with van der Waals surface area (Å²) in [5, 5.41) is 11.2. The molecule has 0 unspecified atom stereocenters. The predicted octanol–water partition coefficient (Wildman–Crippen LogP) is 5.67. The standard InChI is InChI=1S/C16H10Cl2F3N3O/c17-11-4-1-9(2-5-11)15-24-23-14(25-15)8-22-13-7-10(16(19,20)21)3-6-12(13)18/h1-7,22H,8H2. The molecule has 9 heteroatoms. The van der Waals surface area contributed by atoms with E-state index in [2.05, 4.69) is 15.5 Å². The summed E-state index contributed by atoms with van der Waals surface area (Å²) in [6, 6.07) is 9.83. The number of rotatable bonds is 4. The lowest BCUT2D eigenvalue weighted by molar-refractivity contribution is -0.137. The third-order valence-electron chi connectivity index (χ3n) is 3.28. The number of anilines is 1. The highest BCUT2D eigenvalue weighted by molar-refractivity contribution is 6.33. The molecule has 0 atom stereocenters. The number of nitrogens with one attached hydrogen (secondary N) is 1. The van der Waals surface area contributed by atoms with Crippen molar-refractivity contribution in [3.05, 3.63) is 64.0 Å². The molecule has 3 rings (SSSR count). The fraction of sp³-hybridized carbons (Fsp3) is 0.125. The first kappa shape index (κ1) is 17.6. The Morgan fingerprint density at radius 1 is 1.00 bits per heavy atom. The number of hydrogen-bond acceptors (Lipinski definition) is 4. The van der Waals surface area contributed by atoms with Crippen LogP contribution in [-0.4, -0.2) is 10.2 Å². The second-order valence-corrected chi connectivity index (χ2v) is 5.90. The minimum atomic E-state index is -4.45. The lowest BCUT2D eigenvalue weighted by Gasteiger charge is -2.11. The van der Waals surface area contributed by atoms with Crippen molar-refractivity contribution in [3.8, 4) is 11.5 Å². The molecular formula is C16H10Cl2F3N3O. The monoisotopic (exact) mass is 387 g/mol. The Morgan fingerprint density at radius 3 is 2.40 bits per heavy atom. The Hall–Kier alpha value is -2.25. The highest BCUT2D eigenvalue weighted by Gasteiger charge is 2.31. The van der Waals surface area contributed by atoms with Crippen molar-refractivity contribution in [2.24, 2.45) is 0 Å². The van der Waals surface area contributed by atoms with Gasteiger partial charge in [0.25, 0.3) is 0 Å². The Balaban J connectivity index is 1.73. The number of hydrogen-bond donors (Lipinski definition) is 1. The molecule has 0 spiro atoms. The Morgan fingerprint density at radius 2 is 1.72 bits per heavy atom. The van der Waals surface area contributed by atoms with E-state index in [4.69, 9.17) is 27.6 Å². The van der Waals surface area contributed by atoms with E-state index in [0.717, 1.165) is 12.1 Å². The fourth-order valence-electron chi connectivity index (χ4n) is 2.04. The highest BCUT2D eigenvalue weighted by Crippen LogP contribution is 2.34. The van der Waals surface area contributed by atoms with Gasteiger partial charge in [-0.1, -0.05) is 23.2 Å². The molecule has 0 aliphatic carbocycles. The van der Waals surface area contributed by atoms with Crippen LogP contribution >= 0.6 is 23.2 Å². The molecule has 0 aliphatic heterocycles. The lowest BCUT2D eigenvalue weighted by atomic mass is 10.2. The highest BCUT2D eigenvalue weighted by atomic mass is 35.5. The lowest BCUT2D eigenvalue weighted by Crippen LogP contribution is -2.07. The molecule has 0 saturated heterocycles. The van der Waals surface area contributed by atoms with E-state index in [0.29, 0.717) is 10.6 Å². The largest absolute Gasteiger partial charge is 0.419 e. The first-order valence-electron chi connectivity index (χ1n) is 7.02. The van der Waals surface area contributed by atoms with Crippen molar-refractivity contribution in [1.82, 2.24) is 10.2 Å². The third-order valence-corrected chi connectivity index (χ3v) is 3.86. The third kappa shape index (κ3) is 4.24. The zero-order valence-electron chi connectivity index (χ0n) is 12.4. The minimum absolute atomic E-state index is 0.0294. The molecule has 130 valence electrons. The summed E-state index contributed by atoms with van der Waals surface area (Å²) in [4.78, 5) is 0. The molecule has 0 radical (unpaired) electrons. The molecule has 1 aromatic heterocycles. The Labute approximate surface area is 150 Å². The first-order chi connectivity index (χ1) is 11.8. The molecule has 4 nitrogen and oxygen atoms in total. The van der Waals surface area contributed by atoms with Crippen LogP contribution in [0.2, 0.25) is 10.0 Å². The topological polar surface area (TPSA) is 51.0 Å². The van der Waals surface area contributed by atoms with Gasteiger partial charge >= 0.3 is 6.18 Å². The first-order valence-corrected chi connectivity index (χ1v) is 7.77. The van der Waals surface area contributed by atoms with E-state index in [9.17, 15) is 13.2 Å². The maximum atomic E-state index is 12.8. The van der Waals surface area contributed by atoms with Gasteiger partial charge in [-0.2, -0.15) is 13.2 Å². The van der Waals surface area contributed by atoms with E-state index in [1.807, 2.05) is 0 Å². The SMILES string of the molecule is FC(F)(F)c1ccc(Cl)c(NCc2nnc(-c3ccc(Cl)cc3)o2)c1. The van der Waals surface area contributed by atoms with Crippen LogP contribution in [0.15, 0.2) is 46.9 Å². The number of benzene rings is 2. The Kier molecular flexibility index (Phi) is 4.87. The van der Waals surface area contributed by atoms with Gasteiger partial charge in [0.1, 0.15) is 0 Å². The maximum Gasteiger partial charge on any atom is 0.416 e. The van der Waals surface area contributed by atoms with Crippen LogP contribution in [0.25, 0.3) is 11.5 Å². The van der Waals surface area contributed by atoms with Crippen molar-refractivity contribution in [1.29, 1.82) is 0 Å². The molecule has 0 aliphatic rings. The van der Waals surface area contributed by atoms with E-state index in [-0.39, 0.29) is 29.0 Å². The van der Waals surface area contributed by atoms with Gasteiger partial charge in [-0.05, 0) is 42.5 Å². The van der Waals surface area contributed by atoms with E-state index >= 15 is 0 Å². The molecule has 1 N–H and O–H groups in total. The number of aromatic nitrogens is 2. The minimum Gasteiger partial charge on any atom is -0.419 e. The summed E-state index contributed by atoms with van der Waals surface area (Å²) >= 11 is 11.7. The fourth-order valence-corrected chi connectivity index (χ4v) is 2.35. The van der Waals surface area contributed by atoms with E-state index in [1.54, 1.807) is 24.3 Å². The summed E-state index contributed by atoms with van der Waals surface area (Å²) in [7, 11) is 0. The van der Waals surface area contributed by atoms with Gasteiger partial charge in [0.2, 0.25) is 11.8 Å². The van der Waals surface area contributed by atoms with Gasteiger partial charge in [-0.15, -0.1) is 10.2 Å². The van der Waals surface area contributed by atoms with Gasteiger partial charge in [-0.3, -0.25) is 0 Å². The summed E-state index contributed by atoms with van der Waals surface area (Å²) in [6.45, 7) is 0.0294. The van der Waals surface area contributed by atoms with E-state index in [1.165, 1.54) is 6.07 Å². The molecule has 0 saturated carbocycles. The molecular weight excluding hydrogens is 378 g/mol. The van der Waals surface area contributed by atoms with Gasteiger partial charge in [0.15, 0.2) is 0 Å². The van der Waals surface area contributed by atoms with Gasteiger partial charge in [-0.25, -0.2) is 0 Å². The van der Waals surface area contributed by atoms with Crippen molar-refractivity contribution in [2.45, 2.75) is 12.7 Å². The summed E-state index contributed by atoms with van der Waals surface area (Å²) < 4.78 is 43.8. The number of halogens is 5. The second kappa shape index (κ2) is 6.93. The van der Waals surface area contributed by atoms with Crippen LogP contribution in [0.5, 0.6) is 0 Å². The van der Waals surface area contributed by atoms with Crippen LogP contribution in [0.1, 0.15) is 11.5 Å². The predicted molar refractivity (Wildman–Crippen MR) is 88.5 cm³/mol. The van der Waals surface area contributed by atoms with Crippen LogP contribution in [0.3, 0.4) is 0 Å². The number of nitrogens with zero attached hydrogens (tertiary/aromatic N) is 2. The second-order valence-electron chi connectivity index (χ2n) is 5.05. The molecule has 0 fully saturated rings. The average Bonchev–Trinajstić information content (AvgIpc) is 3.02. The maximum absolute atomic E-state index is 12.8. The van der Waals surface area contributed by atoms with Crippen molar-refractivity contribution in [2.75, 3.05) is 5.32 Å². The summed E-state index contributed by atoms with van der Waals surface area (Å²) in [5.41, 5.74) is 0.00904. The van der Waals surface area contributed by atoms with Crippen molar-refractivity contribution in [3.63, 3.8) is 0 Å². The Bertz CT molecular complexity index is 879. The molecule has 2 aromatic carbocycles. The van der Waals surface area contributed by atoms with E-state index < -0.39 is 11.7 Å². The molecule has 0 amide bonds. The average molecular weight is 388 g/mol. The number of alkyl halides is 3. The zero-order chi connectivity index (χ0) is 18.0. The van der Waals surface area contributed by atoms with Crippen molar-refractivity contribution < 1.29 is 17.6 Å². The van der Waals surface area contributed by atoms with Gasteiger partial charge in [0.05, 0.1) is 22.8 Å². The normalized spacial score (nSPS) is 11.6. The smallest absolute Gasteiger partial charge is 0.416 e. The quantitative estimate of drug-likeness (QED) is 0.625. The molecule has 25 heavy (non-hydrogen) atoms.